The van der Waals surface area contributed by atoms with Gasteiger partial charge in [0.2, 0.25) is 21.8 Å². The minimum Gasteiger partial charge on any atom is -0.337 e. The molecule has 1 N–H and O–H groups in total. The highest BCUT2D eigenvalue weighted by Gasteiger charge is 2.35. The van der Waals surface area contributed by atoms with E-state index in [9.17, 15) is 18.0 Å². The summed E-state index contributed by atoms with van der Waals surface area (Å²) < 4.78 is 28.8. The van der Waals surface area contributed by atoms with Gasteiger partial charge in [0.15, 0.2) is 0 Å². The third-order valence-electron chi connectivity index (χ3n) is 6.76. The molecule has 2 heterocycles. The molecule has 0 aliphatic carbocycles. The van der Waals surface area contributed by atoms with Crippen LogP contribution in [0.2, 0.25) is 5.02 Å². The Morgan fingerprint density at radius 2 is 1.80 bits per heavy atom. The van der Waals surface area contributed by atoms with E-state index in [1.165, 1.54) is 11.0 Å². The molecule has 1 unspecified atom stereocenters. The molecular weight excluding hydrogens is 488 g/mol. The van der Waals surface area contributed by atoms with Crippen LogP contribution in [0.25, 0.3) is 10.8 Å². The smallest absolute Gasteiger partial charge is 0.242 e. The monoisotopic (exact) mass is 520 g/mol. The standard InChI is InChI=1S/C25H33ClN4O4S/c1-28(2)16-21-6-3-4-13-30(21)24(31)17-29-12-5-7-23(25(29)32)27-35(33,34)22-11-9-18-14-20(26)10-8-19(18)15-22/h8-11,14-15,21,23,27H,3-7,12-13,16-17H2,1-2H3/t21?,23-/m0/s1. The summed E-state index contributed by atoms with van der Waals surface area (Å²) in [6, 6.07) is 9.28. The van der Waals surface area contributed by atoms with Crippen LogP contribution in [0.1, 0.15) is 32.1 Å². The number of hydrogen-bond donors (Lipinski definition) is 1. The molecule has 2 fully saturated rings. The predicted molar refractivity (Wildman–Crippen MR) is 137 cm³/mol. The lowest BCUT2D eigenvalue weighted by atomic mass is 10.0. The minimum absolute atomic E-state index is 0.0161. The van der Waals surface area contributed by atoms with Crippen LogP contribution in [0.5, 0.6) is 0 Å². The quantitative estimate of drug-likeness (QED) is 0.606. The lowest BCUT2D eigenvalue weighted by molar-refractivity contribution is -0.145. The Bertz CT molecular complexity index is 1200. The van der Waals surface area contributed by atoms with Crippen LogP contribution in [0.15, 0.2) is 41.3 Å². The molecule has 35 heavy (non-hydrogen) atoms. The summed E-state index contributed by atoms with van der Waals surface area (Å²) in [7, 11) is 0.0654. The zero-order valence-corrected chi connectivity index (χ0v) is 21.8. The van der Waals surface area contributed by atoms with Crippen molar-refractivity contribution in [2.24, 2.45) is 0 Å². The van der Waals surface area contributed by atoms with Crippen molar-refractivity contribution in [3.05, 3.63) is 41.4 Å². The van der Waals surface area contributed by atoms with Gasteiger partial charge in [-0.1, -0.05) is 23.7 Å². The molecule has 0 radical (unpaired) electrons. The van der Waals surface area contributed by atoms with E-state index in [-0.39, 0.29) is 29.3 Å². The van der Waals surface area contributed by atoms with E-state index in [0.29, 0.717) is 31.0 Å². The Morgan fingerprint density at radius 1 is 1.06 bits per heavy atom. The number of piperidine rings is 2. The van der Waals surface area contributed by atoms with Crippen molar-refractivity contribution in [3.8, 4) is 0 Å². The Labute approximate surface area is 212 Å². The van der Waals surface area contributed by atoms with Gasteiger partial charge in [0.05, 0.1) is 11.4 Å². The summed E-state index contributed by atoms with van der Waals surface area (Å²) in [4.78, 5) is 31.9. The molecule has 2 atom stereocenters. The fourth-order valence-electron chi connectivity index (χ4n) is 5.02. The molecule has 190 valence electrons. The summed E-state index contributed by atoms with van der Waals surface area (Å²) >= 11 is 6.02. The molecule has 2 aliphatic heterocycles. The van der Waals surface area contributed by atoms with Crippen LogP contribution in [-0.2, 0) is 19.6 Å². The van der Waals surface area contributed by atoms with Gasteiger partial charge in [-0.3, -0.25) is 9.59 Å². The summed E-state index contributed by atoms with van der Waals surface area (Å²) in [6.07, 6.45) is 4.04. The number of benzene rings is 2. The van der Waals surface area contributed by atoms with Crippen molar-refractivity contribution in [2.45, 2.75) is 49.1 Å². The van der Waals surface area contributed by atoms with E-state index < -0.39 is 16.1 Å². The summed E-state index contributed by atoms with van der Waals surface area (Å²) in [5, 5.41) is 2.15. The van der Waals surface area contributed by atoms with Gasteiger partial charge in [-0.25, -0.2) is 8.42 Å². The predicted octanol–water partition coefficient (Wildman–Crippen LogP) is 2.71. The zero-order chi connectivity index (χ0) is 25.2. The second kappa shape index (κ2) is 10.8. The summed E-state index contributed by atoms with van der Waals surface area (Å²) in [6.45, 7) is 1.92. The van der Waals surface area contributed by atoms with Gasteiger partial charge in [0, 0.05) is 30.7 Å². The SMILES string of the molecule is CN(C)CC1CCCCN1C(=O)CN1CCC[C@H](NS(=O)(=O)c2ccc3cc(Cl)ccc3c2)C1=O. The van der Waals surface area contributed by atoms with Crippen LogP contribution in [-0.4, -0.2) is 87.3 Å². The van der Waals surface area contributed by atoms with Gasteiger partial charge in [0.25, 0.3) is 0 Å². The van der Waals surface area contributed by atoms with E-state index in [1.807, 2.05) is 19.0 Å². The number of amides is 2. The summed E-state index contributed by atoms with van der Waals surface area (Å²) in [5.41, 5.74) is 0. The highest BCUT2D eigenvalue weighted by Crippen LogP contribution is 2.24. The Morgan fingerprint density at radius 3 is 2.57 bits per heavy atom. The van der Waals surface area contributed by atoms with E-state index in [2.05, 4.69) is 9.62 Å². The van der Waals surface area contributed by atoms with Crippen LogP contribution in [0.3, 0.4) is 0 Å². The first kappa shape index (κ1) is 25.9. The molecule has 2 saturated heterocycles. The number of nitrogens with one attached hydrogen (secondary N) is 1. The molecule has 10 heteroatoms. The van der Waals surface area contributed by atoms with Crippen molar-refractivity contribution in [1.82, 2.24) is 19.4 Å². The topological polar surface area (TPSA) is 90.0 Å². The molecule has 2 amide bonds. The molecule has 2 aromatic carbocycles. The highest BCUT2D eigenvalue weighted by molar-refractivity contribution is 7.89. The maximum Gasteiger partial charge on any atom is 0.242 e. The van der Waals surface area contributed by atoms with Crippen LogP contribution >= 0.6 is 11.6 Å². The zero-order valence-electron chi connectivity index (χ0n) is 20.2. The molecule has 0 spiro atoms. The normalized spacial score (nSPS) is 21.7. The molecule has 0 aromatic heterocycles. The van der Waals surface area contributed by atoms with E-state index in [0.717, 1.165) is 36.6 Å². The lowest BCUT2D eigenvalue weighted by Crippen LogP contribution is -2.56. The fourth-order valence-corrected chi connectivity index (χ4v) is 6.46. The van der Waals surface area contributed by atoms with Crippen molar-refractivity contribution in [2.75, 3.05) is 40.3 Å². The fraction of sp³-hybridized carbons (Fsp3) is 0.520. The molecule has 2 aromatic rings. The first-order chi connectivity index (χ1) is 16.6. The number of sulfonamides is 1. The molecule has 0 saturated carbocycles. The average molecular weight is 521 g/mol. The van der Waals surface area contributed by atoms with Gasteiger partial charge < -0.3 is 14.7 Å². The Balaban J connectivity index is 1.44. The molecule has 2 aliphatic rings. The number of hydrogen-bond acceptors (Lipinski definition) is 5. The van der Waals surface area contributed by atoms with E-state index >= 15 is 0 Å². The first-order valence-electron chi connectivity index (χ1n) is 12.1. The lowest BCUT2D eigenvalue weighted by Gasteiger charge is -2.39. The largest absolute Gasteiger partial charge is 0.337 e. The van der Waals surface area contributed by atoms with Gasteiger partial charge in [0.1, 0.15) is 6.04 Å². The molecule has 4 rings (SSSR count). The first-order valence-corrected chi connectivity index (χ1v) is 13.9. The van der Waals surface area contributed by atoms with Crippen LogP contribution < -0.4 is 4.72 Å². The van der Waals surface area contributed by atoms with Crippen molar-refractivity contribution in [1.29, 1.82) is 0 Å². The highest BCUT2D eigenvalue weighted by atomic mass is 35.5. The van der Waals surface area contributed by atoms with Gasteiger partial charge in [-0.05, 0) is 81.2 Å². The maximum absolute atomic E-state index is 13.2. The number of likely N-dealkylation sites (tertiary alicyclic amines) is 2. The maximum atomic E-state index is 13.2. The third-order valence-corrected chi connectivity index (χ3v) is 8.47. The van der Waals surface area contributed by atoms with Crippen molar-refractivity contribution in [3.63, 3.8) is 0 Å². The van der Waals surface area contributed by atoms with Crippen LogP contribution in [0, 0.1) is 0 Å². The minimum atomic E-state index is -3.92. The summed E-state index contributed by atoms with van der Waals surface area (Å²) in [5.74, 6) is -0.413. The Kier molecular flexibility index (Phi) is 8.00. The van der Waals surface area contributed by atoms with E-state index in [1.54, 1.807) is 30.3 Å². The number of halogens is 1. The number of likely N-dealkylation sites (N-methyl/N-ethyl adjacent to an activating group) is 1. The van der Waals surface area contributed by atoms with Gasteiger partial charge in [-0.2, -0.15) is 4.72 Å². The van der Waals surface area contributed by atoms with Crippen molar-refractivity contribution >= 4 is 44.2 Å². The van der Waals surface area contributed by atoms with Gasteiger partial charge in [-0.15, -0.1) is 0 Å². The second-order valence-corrected chi connectivity index (χ2v) is 11.9. The van der Waals surface area contributed by atoms with E-state index in [4.69, 9.17) is 11.6 Å². The number of nitrogens with zero attached hydrogens (tertiary/aromatic N) is 3. The second-order valence-electron chi connectivity index (χ2n) is 9.73. The Hall–Kier alpha value is -2.20. The third kappa shape index (κ3) is 6.14. The number of rotatable bonds is 7. The average Bonchev–Trinajstić information content (AvgIpc) is 2.81. The van der Waals surface area contributed by atoms with Gasteiger partial charge >= 0.3 is 0 Å². The van der Waals surface area contributed by atoms with Crippen LogP contribution in [0.4, 0.5) is 0 Å². The van der Waals surface area contributed by atoms with Crippen molar-refractivity contribution < 1.29 is 18.0 Å². The number of fused-ring (bicyclic) bond motifs is 1. The molecular formula is C25H33ClN4O4S. The number of carbonyl (C=O) groups is 2. The molecule has 8 nitrogen and oxygen atoms in total. The molecule has 0 bridgehead atoms. The number of carbonyl (C=O) groups excluding carboxylic acids is 2.